The first-order valence-electron chi connectivity index (χ1n) is 7.16. The van der Waals surface area contributed by atoms with E-state index in [4.69, 9.17) is 10.7 Å². The van der Waals surface area contributed by atoms with Gasteiger partial charge in [0, 0.05) is 22.9 Å². The smallest absolute Gasteiger partial charge is 0.271 e. The number of nitrogens with one attached hydrogen (secondary N) is 1. The summed E-state index contributed by atoms with van der Waals surface area (Å²) in [6.07, 6.45) is 1.49. The Bertz CT molecular complexity index is 1200. The topological polar surface area (TPSA) is 120 Å². The number of nitriles is 1. The van der Waals surface area contributed by atoms with E-state index in [1.807, 2.05) is 6.07 Å². The maximum atomic E-state index is 11.7. The van der Waals surface area contributed by atoms with Crippen LogP contribution in [0.15, 0.2) is 74.6 Å². The number of nitrogens with zero attached hydrogens (tertiary/aromatic N) is 4. The van der Waals surface area contributed by atoms with Crippen LogP contribution in [0.3, 0.4) is 0 Å². The maximum absolute atomic E-state index is 11.7. The number of hydrogen-bond donors (Lipinski definition) is 1. The lowest BCUT2D eigenvalue weighted by Crippen LogP contribution is -2.13. The molecule has 3 aromatic rings. The summed E-state index contributed by atoms with van der Waals surface area (Å²) >= 11 is 0. The fourth-order valence-electron chi connectivity index (χ4n) is 2.17. The van der Waals surface area contributed by atoms with E-state index in [0.717, 1.165) is 0 Å². The Morgan fingerprint density at radius 3 is 2.58 bits per heavy atom. The van der Waals surface area contributed by atoms with Crippen molar-refractivity contribution in [3.63, 3.8) is 0 Å². The number of azo groups is 1. The highest BCUT2D eigenvalue weighted by molar-refractivity contribution is 8.13. The second-order valence-corrected chi connectivity index (χ2v) is 7.65. The van der Waals surface area contributed by atoms with Gasteiger partial charge >= 0.3 is 0 Å². The third-order valence-corrected chi connectivity index (χ3v) is 4.73. The quantitative estimate of drug-likeness (QED) is 0.544. The van der Waals surface area contributed by atoms with Crippen molar-refractivity contribution in [2.24, 2.45) is 10.2 Å². The molecular weight excluding hydrogens is 378 g/mol. The fraction of sp³-hybridized carbons (Fsp3) is 0. The van der Waals surface area contributed by atoms with E-state index >= 15 is 0 Å². The molecule has 1 heterocycles. The SMILES string of the molecule is N#Cc1cc(-n2[nH]ccc2=O)ccc1/N=N/c1cccc(S(=O)(=O)Cl)c1. The van der Waals surface area contributed by atoms with Crippen molar-refractivity contribution in [2.45, 2.75) is 4.90 Å². The van der Waals surface area contributed by atoms with E-state index in [2.05, 4.69) is 15.3 Å². The monoisotopic (exact) mass is 387 g/mol. The molecule has 0 spiro atoms. The number of aromatic nitrogens is 2. The molecule has 2 aromatic carbocycles. The average Bonchev–Trinajstić information content (AvgIpc) is 3.05. The van der Waals surface area contributed by atoms with E-state index in [9.17, 15) is 18.5 Å². The van der Waals surface area contributed by atoms with Crippen LogP contribution in [-0.2, 0) is 9.05 Å². The summed E-state index contributed by atoms with van der Waals surface area (Å²) in [5, 5.41) is 20.0. The Hall–Kier alpha value is -3.22. The van der Waals surface area contributed by atoms with Gasteiger partial charge in [-0.2, -0.15) is 10.4 Å². The van der Waals surface area contributed by atoms with Crippen LogP contribution in [-0.4, -0.2) is 18.2 Å². The summed E-state index contributed by atoms with van der Waals surface area (Å²) in [6.45, 7) is 0. The van der Waals surface area contributed by atoms with Crippen LogP contribution >= 0.6 is 10.7 Å². The van der Waals surface area contributed by atoms with Crippen LogP contribution in [0.5, 0.6) is 0 Å². The lowest BCUT2D eigenvalue weighted by molar-refractivity contribution is 0.609. The van der Waals surface area contributed by atoms with Crippen molar-refractivity contribution in [1.82, 2.24) is 9.78 Å². The molecule has 0 aliphatic carbocycles. The van der Waals surface area contributed by atoms with Gasteiger partial charge < -0.3 is 0 Å². The van der Waals surface area contributed by atoms with Crippen LogP contribution in [0.4, 0.5) is 11.4 Å². The molecule has 0 radical (unpaired) electrons. The van der Waals surface area contributed by atoms with Crippen molar-refractivity contribution in [2.75, 3.05) is 0 Å². The molecule has 0 unspecified atom stereocenters. The number of aromatic amines is 1. The number of rotatable bonds is 4. The van der Waals surface area contributed by atoms with Crippen molar-refractivity contribution < 1.29 is 8.42 Å². The van der Waals surface area contributed by atoms with E-state index in [-0.39, 0.29) is 27.4 Å². The number of halogens is 1. The Kier molecular flexibility index (Phi) is 4.71. The molecule has 0 amide bonds. The molecular formula is C16H10ClN5O3S. The van der Waals surface area contributed by atoms with E-state index in [1.165, 1.54) is 47.3 Å². The van der Waals surface area contributed by atoms with Crippen LogP contribution in [0.2, 0.25) is 0 Å². The van der Waals surface area contributed by atoms with Crippen molar-refractivity contribution >= 4 is 31.1 Å². The third kappa shape index (κ3) is 3.72. The molecule has 0 aliphatic rings. The Balaban J connectivity index is 1.96. The molecule has 0 saturated carbocycles. The fourth-order valence-corrected chi connectivity index (χ4v) is 2.96. The van der Waals surface area contributed by atoms with Gasteiger partial charge in [0.1, 0.15) is 11.8 Å². The van der Waals surface area contributed by atoms with E-state index < -0.39 is 9.05 Å². The standard InChI is InChI=1S/C16H10ClN5O3S/c17-26(24,25)14-3-1-2-12(9-14)20-21-15-5-4-13(8-11(15)10-18)22-16(23)6-7-19-22/h1-9,19H/b21-20+. The summed E-state index contributed by atoms with van der Waals surface area (Å²) in [4.78, 5) is 11.6. The molecule has 10 heteroatoms. The van der Waals surface area contributed by atoms with Gasteiger partial charge in [0.15, 0.2) is 0 Å². The largest absolute Gasteiger partial charge is 0.298 e. The van der Waals surface area contributed by atoms with Gasteiger partial charge in [-0.3, -0.25) is 9.89 Å². The number of hydrogen-bond acceptors (Lipinski definition) is 6. The predicted octanol–water partition coefficient (Wildman–Crippen LogP) is 3.38. The van der Waals surface area contributed by atoms with Gasteiger partial charge in [0.25, 0.3) is 14.6 Å². The summed E-state index contributed by atoms with van der Waals surface area (Å²) in [5.74, 6) is 0. The molecule has 0 atom stereocenters. The molecule has 26 heavy (non-hydrogen) atoms. The minimum absolute atomic E-state index is 0.0995. The first-order chi connectivity index (χ1) is 12.4. The van der Waals surface area contributed by atoms with Crippen LogP contribution in [0.25, 0.3) is 5.69 Å². The molecule has 0 bridgehead atoms. The van der Waals surface area contributed by atoms with Crippen LogP contribution < -0.4 is 5.56 Å². The molecule has 1 aromatic heterocycles. The Morgan fingerprint density at radius 1 is 1.12 bits per heavy atom. The molecule has 3 rings (SSSR count). The summed E-state index contributed by atoms with van der Waals surface area (Å²) < 4.78 is 24.0. The molecule has 0 aliphatic heterocycles. The summed E-state index contributed by atoms with van der Waals surface area (Å²) in [6, 6.07) is 13.6. The lowest BCUT2D eigenvalue weighted by Gasteiger charge is -2.03. The highest BCUT2D eigenvalue weighted by Crippen LogP contribution is 2.26. The first-order valence-corrected chi connectivity index (χ1v) is 9.47. The second-order valence-electron chi connectivity index (χ2n) is 5.08. The molecule has 8 nitrogen and oxygen atoms in total. The van der Waals surface area contributed by atoms with Gasteiger partial charge in [-0.15, -0.1) is 5.11 Å². The van der Waals surface area contributed by atoms with Gasteiger partial charge in [-0.25, -0.2) is 13.1 Å². The zero-order valence-electron chi connectivity index (χ0n) is 13.0. The van der Waals surface area contributed by atoms with E-state index in [1.54, 1.807) is 12.1 Å². The van der Waals surface area contributed by atoms with Crippen molar-refractivity contribution in [1.29, 1.82) is 5.26 Å². The highest BCUT2D eigenvalue weighted by Gasteiger charge is 2.10. The van der Waals surface area contributed by atoms with Gasteiger partial charge in [0.2, 0.25) is 0 Å². The zero-order valence-corrected chi connectivity index (χ0v) is 14.6. The van der Waals surface area contributed by atoms with Crippen LogP contribution in [0, 0.1) is 11.3 Å². The lowest BCUT2D eigenvalue weighted by atomic mass is 10.2. The highest BCUT2D eigenvalue weighted by atomic mass is 35.7. The maximum Gasteiger partial charge on any atom is 0.271 e. The number of H-pyrrole nitrogens is 1. The normalized spacial score (nSPS) is 11.5. The van der Waals surface area contributed by atoms with Gasteiger partial charge in [0.05, 0.1) is 21.8 Å². The summed E-state index contributed by atoms with van der Waals surface area (Å²) in [7, 11) is 1.43. The third-order valence-electron chi connectivity index (χ3n) is 3.38. The molecule has 0 fully saturated rings. The minimum Gasteiger partial charge on any atom is -0.298 e. The van der Waals surface area contributed by atoms with E-state index in [0.29, 0.717) is 5.69 Å². The van der Waals surface area contributed by atoms with Gasteiger partial charge in [-0.05, 0) is 36.4 Å². The van der Waals surface area contributed by atoms with Crippen LogP contribution in [0.1, 0.15) is 5.56 Å². The number of benzene rings is 2. The van der Waals surface area contributed by atoms with Crippen molar-refractivity contribution in [3.8, 4) is 11.8 Å². The Labute approximate surface area is 152 Å². The molecule has 1 N–H and O–H groups in total. The predicted molar refractivity (Wildman–Crippen MR) is 94.8 cm³/mol. The molecule has 130 valence electrons. The second kappa shape index (κ2) is 6.95. The van der Waals surface area contributed by atoms with Gasteiger partial charge in [-0.1, -0.05) is 6.07 Å². The zero-order chi connectivity index (χ0) is 18.7. The first kappa shape index (κ1) is 17.6. The average molecular weight is 388 g/mol. The Morgan fingerprint density at radius 2 is 1.92 bits per heavy atom. The minimum atomic E-state index is -3.87. The van der Waals surface area contributed by atoms with Crippen molar-refractivity contribution in [3.05, 3.63) is 70.6 Å². The molecule has 0 saturated heterocycles. The summed E-state index contributed by atoms with van der Waals surface area (Å²) in [5.41, 5.74) is 0.956.